The summed E-state index contributed by atoms with van der Waals surface area (Å²) in [6.45, 7) is 6.10. The SMILES string of the molecule is S=C(NCCC[NH+]1CCOCC1)N[C@H](c1ccccc1)c1cccs1. The van der Waals surface area contributed by atoms with Crippen molar-refractivity contribution in [2.45, 2.75) is 12.5 Å². The van der Waals surface area contributed by atoms with Gasteiger partial charge in [-0.05, 0) is 29.2 Å². The Morgan fingerprint density at radius 1 is 1.16 bits per heavy atom. The molecule has 1 saturated heterocycles. The number of benzene rings is 1. The van der Waals surface area contributed by atoms with Crippen LogP contribution in [0.2, 0.25) is 0 Å². The van der Waals surface area contributed by atoms with E-state index in [1.165, 1.54) is 17.0 Å². The van der Waals surface area contributed by atoms with Crippen LogP contribution in [0.1, 0.15) is 22.9 Å². The van der Waals surface area contributed by atoms with E-state index in [0.29, 0.717) is 0 Å². The Bertz CT molecular complexity index is 627. The average Bonchev–Trinajstić information content (AvgIpc) is 3.19. The Morgan fingerprint density at radius 3 is 2.68 bits per heavy atom. The van der Waals surface area contributed by atoms with Gasteiger partial charge in [0.15, 0.2) is 5.11 Å². The standard InChI is InChI=1S/C19H25N3OS2/c24-19(20-9-5-10-22-11-13-23-14-12-22)21-18(17-8-4-15-25-17)16-6-2-1-3-7-16/h1-4,6-8,15,18H,5,9-14H2,(H2,20,21,24)/p+1/t18-/m1/s1. The third-order valence-corrected chi connectivity index (χ3v) is 5.63. The molecule has 1 fully saturated rings. The highest BCUT2D eigenvalue weighted by Crippen LogP contribution is 2.25. The monoisotopic (exact) mass is 376 g/mol. The van der Waals surface area contributed by atoms with Crippen molar-refractivity contribution in [3.63, 3.8) is 0 Å². The molecule has 0 unspecified atom stereocenters. The Kier molecular flexibility index (Phi) is 7.23. The molecule has 0 bridgehead atoms. The first-order valence-electron chi connectivity index (χ1n) is 8.87. The normalized spacial score (nSPS) is 16.3. The Labute approximate surface area is 159 Å². The molecule has 6 heteroatoms. The third-order valence-electron chi connectivity index (χ3n) is 4.43. The van der Waals surface area contributed by atoms with Crippen LogP contribution in [-0.4, -0.2) is 44.5 Å². The van der Waals surface area contributed by atoms with E-state index in [2.05, 4.69) is 52.4 Å². The van der Waals surface area contributed by atoms with Crippen molar-refractivity contribution in [2.75, 3.05) is 39.4 Å². The summed E-state index contributed by atoms with van der Waals surface area (Å²) < 4.78 is 5.40. The van der Waals surface area contributed by atoms with Crippen LogP contribution in [0.4, 0.5) is 0 Å². The molecule has 3 N–H and O–H groups in total. The van der Waals surface area contributed by atoms with E-state index in [0.717, 1.165) is 44.4 Å². The minimum absolute atomic E-state index is 0.103. The lowest BCUT2D eigenvalue weighted by molar-refractivity contribution is -0.908. The van der Waals surface area contributed by atoms with E-state index in [1.807, 2.05) is 6.07 Å². The fourth-order valence-corrected chi connectivity index (χ4v) is 4.07. The van der Waals surface area contributed by atoms with Gasteiger partial charge in [0.1, 0.15) is 13.1 Å². The second-order valence-corrected chi connectivity index (χ2v) is 7.61. The smallest absolute Gasteiger partial charge is 0.167 e. The van der Waals surface area contributed by atoms with Crippen molar-refractivity contribution in [3.05, 3.63) is 58.3 Å². The number of nitrogens with one attached hydrogen (secondary N) is 3. The van der Waals surface area contributed by atoms with Gasteiger partial charge in [0.2, 0.25) is 0 Å². The molecule has 25 heavy (non-hydrogen) atoms. The Hall–Kier alpha value is -1.47. The van der Waals surface area contributed by atoms with E-state index < -0.39 is 0 Å². The van der Waals surface area contributed by atoms with Crippen molar-refractivity contribution in [1.29, 1.82) is 0 Å². The fraction of sp³-hybridized carbons (Fsp3) is 0.421. The van der Waals surface area contributed by atoms with Crippen LogP contribution in [0.5, 0.6) is 0 Å². The van der Waals surface area contributed by atoms with Crippen LogP contribution >= 0.6 is 23.6 Å². The number of morpholine rings is 1. The van der Waals surface area contributed by atoms with Crippen LogP contribution in [-0.2, 0) is 4.74 Å². The Morgan fingerprint density at radius 2 is 1.96 bits per heavy atom. The summed E-state index contributed by atoms with van der Waals surface area (Å²) in [5.74, 6) is 0. The van der Waals surface area contributed by atoms with Crippen LogP contribution in [0.15, 0.2) is 47.8 Å². The average molecular weight is 377 g/mol. The molecule has 0 saturated carbocycles. The predicted octanol–water partition coefficient (Wildman–Crippen LogP) is 1.61. The van der Waals surface area contributed by atoms with Crippen LogP contribution < -0.4 is 15.5 Å². The summed E-state index contributed by atoms with van der Waals surface area (Å²) in [5.41, 5.74) is 1.23. The van der Waals surface area contributed by atoms with Crippen LogP contribution in [0, 0.1) is 0 Å². The number of quaternary nitrogens is 1. The zero-order valence-electron chi connectivity index (χ0n) is 14.4. The molecule has 1 aliphatic rings. The summed E-state index contributed by atoms with van der Waals surface area (Å²) >= 11 is 7.28. The quantitative estimate of drug-likeness (QED) is 0.507. The molecular formula is C19H26N3OS2+. The molecule has 2 aromatic rings. The number of thiocarbonyl (C=S) groups is 1. The molecule has 1 aromatic carbocycles. The molecule has 0 amide bonds. The van der Waals surface area contributed by atoms with Crippen LogP contribution in [0.25, 0.3) is 0 Å². The number of thiophene rings is 1. The van der Waals surface area contributed by atoms with Crippen molar-refractivity contribution < 1.29 is 9.64 Å². The minimum Gasteiger partial charge on any atom is -0.370 e. The van der Waals surface area contributed by atoms with E-state index in [1.54, 1.807) is 16.2 Å². The largest absolute Gasteiger partial charge is 0.370 e. The van der Waals surface area contributed by atoms with Crippen molar-refractivity contribution in [1.82, 2.24) is 10.6 Å². The summed E-state index contributed by atoms with van der Waals surface area (Å²) in [6.07, 6.45) is 1.12. The van der Waals surface area contributed by atoms with Gasteiger partial charge in [-0.2, -0.15) is 0 Å². The number of hydrogen-bond donors (Lipinski definition) is 3. The summed E-state index contributed by atoms with van der Waals surface area (Å²) in [6, 6.07) is 14.8. The Balaban J connectivity index is 1.47. The fourth-order valence-electron chi connectivity index (χ4n) is 3.05. The van der Waals surface area contributed by atoms with Gasteiger partial charge in [-0.25, -0.2) is 0 Å². The molecular weight excluding hydrogens is 350 g/mol. The molecule has 3 rings (SSSR count). The second-order valence-electron chi connectivity index (χ2n) is 6.23. The highest BCUT2D eigenvalue weighted by molar-refractivity contribution is 7.80. The zero-order valence-corrected chi connectivity index (χ0v) is 16.0. The van der Waals surface area contributed by atoms with E-state index in [9.17, 15) is 0 Å². The van der Waals surface area contributed by atoms with Gasteiger partial charge in [-0.3, -0.25) is 0 Å². The second kappa shape index (κ2) is 9.87. The molecule has 134 valence electrons. The van der Waals surface area contributed by atoms with Gasteiger partial charge in [-0.1, -0.05) is 36.4 Å². The van der Waals surface area contributed by atoms with E-state index in [-0.39, 0.29) is 6.04 Å². The first-order valence-corrected chi connectivity index (χ1v) is 10.2. The number of rotatable bonds is 7. The van der Waals surface area contributed by atoms with Gasteiger partial charge in [0, 0.05) is 17.8 Å². The summed E-state index contributed by atoms with van der Waals surface area (Å²) in [7, 11) is 0. The molecule has 1 aliphatic heterocycles. The van der Waals surface area contributed by atoms with Gasteiger partial charge in [0.05, 0.1) is 25.8 Å². The topological polar surface area (TPSA) is 37.7 Å². The minimum atomic E-state index is 0.103. The van der Waals surface area contributed by atoms with Crippen molar-refractivity contribution in [2.24, 2.45) is 0 Å². The molecule has 0 aliphatic carbocycles. The molecule has 1 aromatic heterocycles. The molecule has 0 radical (unpaired) electrons. The van der Waals surface area contributed by atoms with E-state index >= 15 is 0 Å². The maximum Gasteiger partial charge on any atom is 0.167 e. The lowest BCUT2D eigenvalue weighted by Gasteiger charge is -2.24. The highest BCUT2D eigenvalue weighted by atomic mass is 32.1. The number of ether oxygens (including phenoxy) is 1. The van der Waals surface area contributed by atoms with Gasteiger partial charge >= 0.3 is 0 Å². The summed E-state index contributed by atoms with van der Waals surface area (Å²) in [5, 5.41) is 9.67. The predicted molar refractivity (Wildman–Crippen MR) is 107 cm³/mol. The molecule has 1 atom stereocenters. The number of hydrogen-bond acceptors (Lipinski definition) is 3. The molecule has 4 nitrogen and oxygen atoms in total. The van der Waals surface area contributed by atoms with Crippen molar-refractivity contribution >= 4 is 28.7 Å². The van der Waals surface area contributed by atoms with Gasteiger partial charge < -0.3 is 20.3 Å². The summed E-state index contributed by atoms with van der Waals surface area (Å²) in [4.78, 5) is 2.90. The first-order chi connectivity index (χ1) is 12.3. The molecule has 2 heterocycles. The van der Waals surface area contributed by atoms with Gasteiger partial charge in [-0.15, -0.1) is 11.3 Å². The zero-order chi connectivity index (χ0) is 17.3. The van der Waals surface area contributed by atoms with Gasteiger partial charge in [0.25, 0.3) is 0 Å². The van der Waals surface area contributed by atoms with E-state index in [4.69, 9.17) is 17.0 Å². The maximum absolute atomic E-state index is 5.53. The maximum atomic E-state index is 5.53. The first kappa shape index (κ1) is 18.3. The van der Waals surface area contributed by atoms with Crippen LogP contribution in [0.3, 0.4) is 0 Å². The lowest BCUT2D eigenvalue weighted by atomic mass is 10.1. The third kappa shape index (κ3) is 5.78. The van der Waals surface area contributed by atoms with Crippen molar-refractivity contribution in [3.8, 4) is 0 Å². The lowest BCUT2D eigenvalue weighted by Crippen LogP contribution is -3.14. The molecule has 0 spiro atoms. The highest BCUT2D eigenvalue weighted by Gasteiger charge is 2.16.